The van der Waals surface area contributed by atoms with E-state index in [1.54, 1.807) is 13.8 Å². The third-order valence-corrected chi connectivity index (χ3v) is 3.65. The maximum atomic E-state index is 14.1. The second-order valence-electron chi connectivity index (χ2n) is 6.17. The Morgan fingerprint density at radius 2 is 2.15 bits per heavy atom. The van der Waals surface area contributed by atoms with Crippen LogP contribution in [0.5, 0.6) is 11.6 Å². The standard InChI is InChI=1S/C17H21FN4O4/c1-5-21-17(11(4)15(20-21)16(23)19-9-10(2)3)26-14-7-6-12(22(24)25)8-13(14)18/h6-8,10H,5,9H2,1-4H3,(H,19,23). The number of hydrogen-bond acceptors (Lipinski definition) is 5. The van der Waals surface area contributed by atoms with E-state index in [9.17, 15) is 19.3 Å². The van der Waals surface area contributed by atoms with Crippen molar-refractivity contribution >= 4 is 11.6 Å². The first kappa shape index (κ1) is 19.4. The quantitative estimate of drug-likeness (QED) is 0.599. The highest BCUT2D eigenvalue weighted by Crippen LogP contribution is 2.31. The molecule has 0 saturated heterocycles. The number of ether oxygens (including phenoxy) is 1. The highest BCUT2D eigenvalue weighted by molar-refractivity contribution is 5.94. The molecule has 0 radical (unpaired) electrons. The van der Waals surface area contributed by atoms with Crippen molar-refractivity contribution in [1.82, 2.24) is 15.1 Å². The van der Waals surface area contributed by atoms with E-state index in [-0.39, 0.29) is 34.8 Å². The van der Waals surface area contributed by atoms with Gasteiger partial charge in [0.15, 0.2) is 17.3 Å². The number of aromatic nitrogens is 2. The zero-order valence-electron chi connectivity index (χ0n) is 15.1. The van der Waals surface area contributed by atoms with Gasteiger partial charge in [0.25, 0.3) is 11.6 Å². The van der Waals surface area contributed by atoms with Crippen LogP contribution >= 0.6 is 0 Å². The maximum Gasteiger partial charge on any atom is 0.272 e. The van der Waals surface area contributed by atoms with Gasteiger partial charge in [0, 0.05) is 24.7 Å². The van der Waals surface area contributed by atoms with Crippen molar-refractivity contribution in [2.75, 3.05) is 6.54 Å². The van der Waals surface area contributed by atoms with Crippen molar-refractivity contribution < 1.29 is 18.8 Å². The van der Waals surface area contributed by atoms with Crippen LogP contribution in [0.4, 0.5) is 10.1 Å². The molecule has 1 aromatic carbocycles. The number of non-ortho nitro benzene ring substituents is 1. The number of benzene rings is 1. The van der Waals surface area contributed by atoms with Crippen molar-refractivity contribution in [3.63, 3.8) is 0 Å². The zero-order chi connectivity index (χ0) is 19.4. The van der Waals surface area contributed by atoms with Crippen molar-refractivity contribution in [3.8, 4) is 11.6 Å². The Morgan fingerprint density at radius 1 is 1.46 bits per heavy atom. The molecule has 9 heteroatoms. The molecule has 0 aliphatic heterocycles. The SMILES string of the molecule is CCn1nc(C(=O)NCC(C)C)c(C)c1Oc1ccc([N+](=O)[O-])cc1F. The summed E-state index contributed by atoms with van der Waals surface area (Å²) in [5.74, 6) is -0.875. The van der Waals surface area contributed by atoms with Gasteiger partial charge in [-0.25, -0.2) is 9.07 Å². The zero-order valence-corrected chi connectivity index (χ0v) is 15.1. The molecule has 1 heterocycles. The fraction of sp³-hybridized carbons (Fsp3) is 0.412. The van der Waals surface area contributed by atoms with E-state index in [2.05, 4.69) is 10.4 Å². The lowest BCUT2D eigenvalue weighted by molar-refractivity contribution is -0.385. The van der Waals surface area contributed by atoms with Crippen molar-refractivity contribution in [2.24, 2.45) is 5.92 Å². The van der Waals surface area contributed by atoms with Crippen LogP contribution in [0.1, 0.15) is 36.8 Å². The second kappa shape index (κ2) is 7.94. The first-order valence-corrected chi connectivity index (χ1v) is 8.22. The molecule has 0 unspecified atom stereocenters. The number of amides is 1. The van der Waals surface area contributed by atoms with Crippen LogP contribution in [0.25, 0.3) is 0 Å². The summed E-state index contributed by atoms with van der Waals surface area (Å²) in [5.41, 5.74) is 0.292. The first-order chi connectivity index (χ1) is 12.2. The van der Waals surface area contributed by atoms with Gasteiger partial charge in [-0.15, -0.1) is 0 Å². The van der Waals surface area contributed by atoms with E-state index in [1.165, 1.54) is 10.7 Å². The van der Waals surface area contributed by atoms with Gasteiger partial charge in [0.05, 0.1) is 11.0 Å². The second-order valence-corrected chi connectivity index (χ2v) is 6.17. The Kier molecular flexibility index (Phi) is 5.91. The van der Waals surface area contributed by atoms with Crippen molar-refractivity contribution in [1.29, 1.82) is 0 Å². The summed E-state index contributed by atoms with van der Waals surface area (Å²) >= 11 is 0. The lowest BCUT2D eigenvalue weighted by Gasteiger charge is -2.09. The number of carbonyl (C=O) groups excluding carboxylic acids is 1. The molecule has 0 atom stereocenters. The topological polar surface area (TPSA) is 99.3 Å². The van der Waals surface area contributed by atoms with E-state index in [0.717, 1.165) is 12.1 Å². The van der Waals surface area contributed by atoms with Crippen LogP contribution in [0, 0.1) is 28.8 Å². The number of nitrogens with one attached hydrogen (secondary N) is 1. The summed E-state index contributed by atoms with van der Waals surface area (Å²) < 4.78 is 21.1. The van der Waals surface area contributed by atoms with Crippen LogP contribution in [0.15, 0.2) is 18.2 Å². The highest BCUT2D eigenvalue weighted by Gasteiger charge is 2.22. The molecular weight excluding hydrogens is 343 g/mol. The number of aryl methyl sites for hydroxylation is 1. The predicted octanol–water partition coefficient (Wildman–Crippen LogP) is 3.44. The third-order valence-electron chi connectivity index (χ3n) is 3.65. The van der Waals surface area contributed by atoms with Crippen LogP contribution in [-0.2, 0) is 6.54 Å². The monoisotopic (exact) mass is 364 g/mol. The summed E-state index contributed by atoms with van der Waals surface area (Å²) in [4.78, 5) is 22.3. The Hall–Kier alpha value is -2.97. The van der Waals surface area contributed by atoms with Gasteiger partial charge in [0.2, 0.25) is 5.88 Å². The Labute approximate surface area is 150 Å². The molecule has 0 aliphatic rings. The summed E-state index contributed by atoms with van der Waals surface area (Å²) in [5, 5.41) is 17.7. The summed E-state index contributed by atoms with van der Waals surface area (Å²) in [6.07, 6.45) is 0. The van der Waals surface area contributed by atoms with Crippen LogP contribution in [-0.4, -0.2) is 27.2 Å². The number of nitro benzene ring substituents is 1. The van der Waals surface area contributed by atoms with E-state index in [0.29, 0.717) is 18.7 Å². The van der Waals surface area contributed by atoms with E-state index >= 15 is 0 Å². The molecule has 0 saturated carbocycles. The first-order valence-electron chi connectivity index (χ1n) is 8.22. The molecular formula is C17H21FN4O4. The summed E-state index contributed by atoms with van der Waals surface area (Å²) in [6.45, 7) is 8.32. The molecule has 2 aromatic rings. The number of carbonyl (C=O) groups is 1. The minimum atomic E-state index is -0.867. The molecule has 1 amide bonds. The van der Waals surface area contributed by atoms with Crippen LogP contribution in [0.3, 0.4) is 0 Å². The van der Waals surface area contributed by atoms with Gasteiger partial charge in [0.1, 0.15) is 0 Å². The van der Waals surface area contributed by atoms with Gasteiger partial charge in [-0.1, -0.05) is 13.8 Å². The number of nitrogens with zero attached hydrogens (tertiary/aromatic N) is 3. The average Bonchev–Trinajstić information content (AvgIpc) is 2.90. The normalized spacial score (nSPS) is 10.8. The van der Waals surface area contributed by atoms with Gasteiger partial charge in [-0.2, -0.15) is 5.10 Å². The average molecular weight is 364 g/mol. The van der Waals surface area contributed by atoms with E-state index < -0.39 is 10.7 Å². The molecule has 8 nitrogen and oxygen atoms in total. The third kappa shape index (κ3) is 4.16. The fourth-order valence-electron chi connectivity index (χ4n) is 2.27. The van der Waals surface area contributed by atoms with Gasteiger partial charge < -0.3 is 10.1 Å². The number of rotatable bonds is 7. The lowest BCUT2D eigenvalue weighted by Crippen LogP contribution is -2.28. The van der Waals surface area contributed by atoms with Crippen LogP contribution in [0.2, 0.25) is 0 Å². The smallest absolute Gasteiger partial charge is 0.272 e. The summed E-state index contributed by atoms with van der Waals surface area (Å²) in [6, 6.07) is 3.11. The number of halogens is 1. The summed E-state index contributed by atoms with van der Waals surface area (Å²) in [7, 11) is 0. The Balaban J connectivity index is 2.32. The molecule has 0 spiro atoms. The van der Waals surface area contributed by atoms with E-state index in [4.69, 9.17) is 4.74 Å². The lowest BCUT2D eigenvalue weighted by atomic mass is 10.2. The van der Waals surface area contributed by atoms with Gasteiger partial charge >= 0.3 is 0 Å². The molecule has 140 valence electrons. The molecule has 2 rings (SSSR count). The minimum Gasteiger partial charge on any atom is -0.436 e. The Morgan fingerprint density at radius 3 is 2.69 bits per heavy atom. The minimum absolute atomic E-state index is 0.178. The van der Waals surface area contributed by atoms with Gasteiger partial charge in [-0.3, -0.25) is 14.9 Å². The molecule has 0 fully saturated rings. The van der Waals surface area contributed by atoms with Crippen molar-refractivity contribution in [3.05, 3.63) is 45.4 Å². The van der Waals surface area contributed by atoms with E-state index in [1.807, 2.05) is 13.8 Å². The molecule has 0 aliphatic carbocycles. The van der Waals surface area contributed by atoms with Crippen molar-refractivity contribution in [2.45, 2.75) is 34.2 Å². The number of hydrogen-bond donors (Lipinski definition) is 1. The molecule has 26 heavy (non-hydrogen) atoms. The molecule has 1 aromatic heterocycles. The largest absolute Gasteiger partial charge is 0.436 e. The highest BCUT2D eigenvalue weighted by atomic mass is 19.1. The molecule has 1 N–H and O–H groups in total. The number of nitro groups is 1. The molecule has 0 bridgehead atoms. The maximum absolute atomic E-state index is 14.1. The van der Waals surface area contributed by atoms with Crippen LogP contribution < -0.4 is 10.1 Å². The predicted molar refractivity (Wildman–Crippen MR) is 92.9 cm³/mol. The Bertz CT molecular complexity index is 832. The fourth-order valence-corrected chi connectivity index (χ4v) is 2.27. The van der Waals surface area contributed by atoms with Gasteiger partial charge in [-0.05, 0) is 25.8 Å².